The molecular formula is C18H24O3. The molecule has 1 saturated carbocycles. The van der Waals surface area contributed by atoms with Gasteiger partial charge in [0.2, 0.25) is 0 Å². The van der Waals surface area contributed by atoms with Gasteiger partial charge in [0.05, 0.1) is 5.41 Å². The molecule has 2 rings (SSSR count). The molecule has 0 aromatic heterocycles. The maximum absolute atomic E-state index is 12.9. The minimum atomic E-state index is -0.981. The Kier molecular flexibility index (Phi) is 4.50. The first-order chi connectivity index (χ1) is 9.83. The van der Waals surface area contributed by atoms with Crippen LogP contribution in [0.5, 0.6) is 0 Å². The van der Waals surface area contributed by atoms with Crippen LogP contribution < -0.4 is 0 Å². The quantitative estimate of drug-likeness (QED) is 0.490. The van der Waals surface area contributed by atoms with Gasteiger partial charge in [0.25, 0.3) is 0 Å². The van der Waals surface area contributed by atoms with E-state index in [1.807, 2.05) is 19.1 Å². The molecule has 0 unspecified atom stereocenters. The van der Waals surface area contributed by atoms with Crippen LogP contribution in [0.3, 0.4) is 0 Å². The van der Waals surface area contributed by atoms with Crippen LogP contribution in [0.25, 0.3) is 0 Å². The number of allylic oxidation sites excluding steroid dienone is 5. The van der Waals surface area contributed by atoms with E-state index in [0.29, 0.717) is 17.8 Å². The molecule has 0 aromatic rings. The third-order valence-electron chi connectivity index (χ3n) is 4.84. The summed E-state index contributed by atoms with van der Waals surface area (Å²) in [6.45, 7) is 6.35. The molecule has 0 heterocycles. The zero-order chi connectivity index (χ0) is 15.6. The Morgan fingerprint density at radius 1 is 1.33 bits per heavy atom. The summed E-state index contributed by atoms with van der Waals surface area (Å²) in [5.41, 5.74) is -0.612. The van der Waals surface area contributed by atoms with E-state index in [0.717, 1.165) is 18.9 Å². The molecule has 1 fully saturated rings. The molecule has 5 atom stereocenters. The molecule has 1 N–H and O–H groups in total. The van der Waals surface area contributed by atoms with Crippen molar-refractivity contribution in [3.8, 4) is 0 Å². The molecule has 114 valence electrons. The first-order valence-electron chi connectivity index (χ1n) is 7.66. The van der Waals surface area contributed by atoms with Crippen molar-refractivity contribution in [2.45, 2.75) is 33.6 Å². The molecule has 21 heavy (non-hydrogen) atoms. The lowest BCUT2D eigenvalue weighted by Crippen LogP contribution is -2.44. The fourth-order valence-corrected chi connectivity index (χ4v) is 3.86. The predicted octanol–water partition coefficient (Wildman–Crippen LogP) is 3.63. The van der Waals surface area contributed by atoms with Crippen molar-refractivity contribution in [3.63, 3.8) is 0 Å². The summed E-state index contributed by atoms with van der Waals surface area (Å²) in [5, 5.41) is 8.58. The van der Waals surface area contributed by atoms with Crippen LogP contribution in [0.2, 0.25) is 0 Å². The van der Waals surface area contributed by atoms with Gasteiger partial charge in [-0.3, -0.25) is 4.79 Å². The topological polar surface area (TPSA) is 54.4 Å². The number of carbonyl (C=O) groups is 2. The number of carboxylic acid groups (broad SMARTS) is 1. The summed E-state index contributed by atoms with van der Waals surface area (Å²) in [5.74, 6) is 0.854. The monoisotopic (exact) mass is 288 g/mol. The molecular weight excluding hydrogens is 264 g/mol. The SMILES string of the molecule is C[C@@H]1C[C@@H](C)[C@@H]2C(=O)[C@](C)(/C=C/C=C/C(=O)O)C=C[C@@H]2C1. The van der Waals surface area contributed by atoms with Gasteiger partial charge in [0, 0.05) is 12.0 Å². The van der Waals surface area contributed by atoms with E-state index in [-0.39, 0.29) is 11.7 Å². The number of aliphatic carboxylic acids is 1. The van der Waals surface area contributed by atoms with Crippen molar-refractivity contribution in [1.29, 1.82) is 0 Å². The Morgan fingerprint density at radius 3 is 2.71 bits per heavy atom. The molecule has 0 radical (unpaired) electrons. The average molecular weight is 288 g/mol. The molecule has 0 saturated heterocycles. The summed E-state index contributed by atoms with van der Waals surface area (Å²) < 4.78 is 0. The van der Waals surface area contributed by atoms with Gasteiger partial charge < -0.3 is 5.11 Å². The Balaban J connectivity index is 2.20. The van der Waals surface area contributed by atoms with E-state index in [4.69, 9.17) is 5.11 Å². The van der Waals surface area contributed by atoms with E-state index in [1.54, 1.807) is 6.08 Å². The zero-order valence-corrected chi connectivity index (χ0v) is 13.0. The normalized spacial score (nSPS) is 39.9. The highest BCUT2D eigenvalue weighted by molar-refractivity contribution is 5.92. The number of fused-ring (bicyclic) bond motifs is 1. The molecule has 0 spiro atoms. The van der Waals surface area contributed by atoms with Crippen LogP contribution in [-0.4, -0.2) is 16.9 Å². The van der Waals surface area contributed by atoms with Crippen molar-refractivity contribution in [3.05, 3.63) is 36.5 Å². The standard InChI is InChI=1S/C18H24O3/c1-12-10-13(2)16-14(11-12)7-9-18(3,17(16)21)8-5-4-6-15(19)20/h4-9,12-14,16H,10-11H2,1-3H3,(H,19,20)/b6-4+,8-5+/t12-,13-,14-,16+,18-/m1/s1. The van der Waals surface area contributed by atoms with Crippen LogP contribution in [-0.2, 0) is 9.59 Å². The van der Waals surface area contributed by atoms with Crippen molar-refractivity contribution in [2.24, 2.45) is 29.1 Å². The van der Waals surface area contributed by atoms with E-state index in [1.165, 1.54) is 6.08 Å². The largest absolute Gasteiger partial charge is 0.478 e. The lowest BCUT2D eigenvalue weighted by atomic mass is 9.59. The molecule has 0 amide bonds. The summed E-state index contributed by atoms with van der Waals surface area (Å²) >= 11 is 0. The number of hydrogen-bond acceptors (Lipinski definition) is 2. The summed E-state index contributed by atoms with van der Waals surface area (Å²) in [6, 6.07) is 0. The predicted molar refractivity (Wildman–Crippen MR) is 82.7 cm³/mol. The van der Waals surface area contributed by atoms with Crippen molar-refractivity contribution < 1.29 is 14.7 Å². The highest BCUT2D eigenvalue weighted by Crippen LogP contribution is 2.46. The Labute approximate surface area is 126 Å². The van der Waals surface area contributed by atoms with Crippen LogP contribution in [0, 0.1) is 29.1 Å². The fourth-order valence-electron chi connectivity index (χ4n) is 3.86. The van der Waals surface area contributed by atoms with Gasteiger partial charge in [-0.1, -0.05) is 44.2 Å². The van der Waals surface area contributed by atoms with Crippen LogP contribution in [0.4, 0.5) is 0 Å². The third-order valence-corrected chi connectivity index (χ3v) is 4.84. The van der Waals surface area contributed by atoms with Crippen molar-refractivity contribution >= 4 is 11.8 Å². The maximum atomic E-state index is 12.9. The molecule has 0 aliphatic heterocycles. The maximum Gasteiger partial charge on any atom is 0.328 e. The van der Waals surface area contributed by atoms with Crippen LogP contribution in [0.1, 0.15) is 33.6 Å². The third kappa shape index (κ3) is 3.34. The molecule has 2 aliphatic rings. The van der Waals surface area contributed by atoms with E-state index < -0.39 is 11.4 Å². The lowest BCUT2D eigenvalue weighted by molar-refractivity contribution is -0.133. The smallest absolute Gasteiger partial charge is 0.328 e. The Bertz CT molecular complexity index is 515. The minimum absolute atomic E-state index is 0.101. The molecule has 0 bridgehead atoms. The number of Topliss-reactive ketones (excluding diaryl/α,β-unsaturated/α-hetero) is 1. The second-order valence-electron chi connectivity index (χ2n) is 6.81. The Hall–Kier alpha value is -1.64. The van der Waals surface area contributed by atoms with Gasteiger partial charge in [-0.05, 0) is 37.5 Å². The van der Waals surface area contributed by atoms with Gasteiger partial charge in [-0.25, -0.2) is 4.79 Å². The number of rotatable bonds is 3. The van der Waals surface area contributed by atoms with E-state index in [9.17, 15) is 9.59 Å². The summed E-state index contributed by atoms with van der Waals surface area (Å²) in [4.78, 5) is 23.3. The summed E-state index contributed by atoms with van der Waals surface area (Å²) in [6.07, 6.45) is 12.4. The van der Waals surface area contributed by atoms with Crippen LogP contribution in [0.15, 0.2) is 36.5 Å². The Morgan fingerprint density at radius 2 is 2.05 bits per heavy atom. The second-order valence-corrected chi connectivity index (χ2v) is 6.81. The molecule has 0 aromatic carbocycles. The van der Waals surface area contributed by atoms with Gasteiger partial charge in [0.1, 0.15) is 5.78 Å². The fraction of sp³-hybridized carbons (Fsp3) is 0.556. The summed E-state index contributed by atoms with van der Waals surface area (Å²) in [7, 11) is 0. The number of ketones is 1. The van der Waals surface area contributed by atoms with E-state index in [2.05, 4.69) is 19.9 Å². The van der Waals surface area contributed by atoms with Gasteiger partial charge in [-0.15, -0.1) is 0 Å². The van der Waals surface area contributed by atoms with E-state index >= 15 is 0 Å². The van der Waals surface area contributed by atoms with Crippen molar-refractivity contribution in [2.75, 3.05) is 0 Å². The highest BCUT2D eigenvalue weighted by atomic mass is 16.4. The lowest BCUT2D eigenvalue weighted by Gasteiger charge is -2.43. The first kappa shape index (κ1) is 15.7. The van der Waals surface area contributed by atoms with Gasteiger partial charge >= 0.3 is 5.97 Å². The number of carboxylic acids is 1. The van der Waals surface area contributed by atoms with Gasteiger partial charge in [0.15, 0.2) is 0 Å². The molecule has 3 heteroatoms. The van der Waals surface area contributed by atoms with Crippen molar-refractivity contribution in [1.82, 2.24) is 0 Å². The first-order valence-corrected chi connectivity index (χ1v) is 7.66. The average Bonchev–Trinajstić information content (AvgIpc) is 2.39. The minimum Gasteiger partial charge on any atom is -0.478 e. The molecule has 3 nitrogen and oxygen atoms in total. The second kappa shape index (κ2) is 6.00. The zero-order valence-electron chi connectivity index (χ0n) is 13.0. The number of hydrogen-bond donors (Lipinski definition) is 1. The van der Waals surface area contributed by atoms with Gasteiger partial charge in [-0.2, -0.15) is 0 Å². The highest BCUT2D eigenvalue weighted by Gasteiger charge is 2.45. The van der Waals surface area contributed by atoms with Crippen LogP contribution >= 0.6 is 0 Å². The number of carbonyl (C=O) groups excluding carboxylic acids is 1. The molecule has 2 aliphatic carbocycles.